The van der Waals surface area contributed by atoms with Crippen LogP contribution in [0.2, 0.25) is 0 Å². The van der Waals surface area contributed by atoms with Crippen molar-refractivity contribution in [3.8, 4) is 11.3 Å². The summed E-state index contributed by atoms with van der Waals surface area (Å²) < 4.78 is 0. The topological polar surface area (TPSA) is 51.8 Å². The van der Waals surface area contributed by atoms with Crippen LogP contribution in [0.15, 0.2) is 30.3 Å². The number of hydrogen-bond acceptors (Lipinski definition) is 3. The summed E-state index contributed by atoms with van der Waals surface area (Å²) in [5, 5.41) is 0. The monoisotopic (exact) mass is 227 g/mol. The Hall–Kier alpha value is -1.90. The molecule has 0 saturated carbocycles. The van der Waals surface area contributed by atoms with Gasteiger partial charge in [0, 0.05) is 22.9 Å². The van der Waals surface area contributed by atoms with Crippen LogP contribution in [-0.2, 0) is 0 Å². The third kappa shape index (κ3) is 2.61. The summed E-state index contributed by atoms with van der Waals surface area (Å²) in [5.41, 5.74) is 9.48. The molecule has 2 aromatic rings. The van der Waals surface area contributed by atoms with E-state index in [0.717, 1.165) is 28.5 Å². The van der Waals surface area contributed by atoms with Gasteiger partial charge in [-0.1, -0.05) is 26.0 Å². The molecule has 3 nitrogen and oxygen atoms in total. The zero-order chi connectivity index (χ0) is 12.4. The average Bonchev–Trinajstić information content (AvgIpc) is 2.29. The molecule has 0 atom stereocenters. The molecular formula is C14H17N3. The van der Waals surface area contributed by atoms with Crippen molar-refractivity contribution in [3.05, 3.63) is 41.9 Å². The summed E-state index contributed by atoms with van der Waals surface area (Å²) in [5.74, 6) is 1.22. The molecule has 0 aliphatic heterocycles. The van der Waals surface area contributed by atoms with Crippen molar-refractivity contribution in [2.45, 2.75) is 26.7 Å². The number of anilines is 1. The van der Waals surface area contributed by atoms with Crippen LogP contribution in [0.3, 0.4) is 0 Å². The van der Waals surface area contributed by atoms with E-state index in [1.54, 1.807) is 0 Å². The van der Waals surface area contributed by atoms with Gasteiger partial charge in [0.15, 0.2) is 0 Å². The molecule has 88 valence electrons. The molecule has 0 fully saturated rings. The minimum atomic E-state index is 0.336. The predicted octanol–water partition coefficient (Wildman–Crippen LogP) is 3.16. The van der Waals surface area contributed by atoms with Gasteiger partial charge in [-0.25, -0.2) is 9.97 Å². The fraction of sp³-hybridized carbons (Fsp3) is 0.286. The highest BCUT2D eigenvalue weighted by Gasteiger charge is 2.07. The van der Waals surface area contributed by atoms with Gasteiger partial charge in [0.1, 0.15) is 5.82 Å². The summed E-state index contributed by atoms with van der Waals surface area (Å²) in [7, 11) is 0. The van der Waals surface area contributed by atoms with Gasteiger partial charge in [-0.05, 0) is 25.1 Å². The van der Waals surface area contributed by atoms with Crippen LogP contribution in [0.4, 0.5) is 5.69 Å². The van der Waals surface area contributed by atoms with E-state index in [1.807, 2.05) is 37.3 Å². The van der Waals surface area contributed by atoms with E-state index < -0.39 is 0 Å². The summed E-state index contributed by atoms with van der Waals surface area (Å²) in [4.78, 5) is 9.02. The number of aromatic nitrogens is 2. The zero-order valence-electron chi connectivity index (χ0n) is 10.4. The first-order valence-corrected chi connectivity index (χ1v) is 5.78. The molecule has 0 aliphatic carbocycles. The molecule has 0 bridgehead atoms. The normalized spacial score (nSPS) is 10.8. The Balaban J connectivity index is 2.48. The molecule has 0 radical (unpaired) electrons. The lowest BCUT2D eigenvalue weighted by Crippen LogP contribution is -2.00. The lowest BCUT2D eigenvalue weighted by Gasteiger charge is -2.08. The fourth-order valence-corrected chi connectivity index (χ4v) is 1.65. The molecule has 1 aromatic heterocycles. The second kappa shape index (κ2) is 4.53. The van der Waals surface area contributed by atoms with Crippen LogP contribution in [0.1, 0.15) is 31.3 Å². The molecular weight excluding hydrogens is 210 g/mol. The van der Waals surface area contributed by atoms with Crippen LogP contribution in [-0.4, -0.2) is 9.97 Å². The Morgan fingerprint density at radius 1 is 1.06 bits per heavy atom. The maximum Gasteiger partial charge on any atom is 0.131 e. The third-order valence-electron chi connectivity index (χ3n) is 2.59. The van der Waals surface area contributed by atoms with E-state index in [0.29, 0.717) is 5.92 Å². The molecule has 2 N–H and O–H groups in total. The van der Waals surface area contributed by atoms with Gasteiger partial charge in [0.2, 0.25) is 0 Å². The average molecular weight is 227 g/mol. The molecule has 3 heteroatoms. The standard InChI is InChI=1S/C14H17N3/c1-9(2)14-16-10(3)8-13(17-14)11-4-6-12(15)7-5-11/h4-9H,15H2,1-3H3. The van der Waals surface area contributed by atoms with Gasteiger partial charge in [0.25, 0.3) is 0 Å². The van der Waals surface area contributed by atoms with Crippen molar-refractivity contribution in [1.82, 2.24) is 9.97 Å². The predicted molar refractivity (Wildman–Crippen MR) is 70.7 cm³/mol. The van der Waals surface area contributed by atoms with E-state index in [4.69, 9.17) is 5.73 Å². The number of nitrogen functional groups attached to an aromatic ring is 1. The molecule has 0 spiro atoms. The van der Waals surface area contributed by atoms with Crippen LogP contribution >= 0.6 is 0 Å². The highest BCUT2D eigenvalue weighted by Crippen LogP contribution is 2.21. The van der Waals surface area contributed by atoms with Gasteiger partial charge in [0.05, 0.1) is 5.69 Å². The number of aryl methyl sites for hydroxylation is 1. The number of rotatable bonds is 2. The van der Waals surface area contributed by atoms with Crippen molar-refractivity contribution in [3.63, 3.8) is 0 Å². The highest BCUT2D eigenvalue weighted by molar-refractivity contribution is 5.62. The first-order chi connectivity index (χ1) is 8.06. The molecule has 1 aromatic carbocycles. The molecule has 1 heterocycles. The smallest absolute Gasteiger partial charge is 0.131 e. The van der Waals surface area contributed by atoms with E-state index in [2.05, 4.69) is 23.8 Å². The van der Waals surface area contributed by atoms with E-state index in [9.17, 15) is 0 Å². The molecule has 0 amide bonds. The lowest BCUT2D eigenvalue weighted by atomic mass is 10.1. The van der Waals surface area contributed by atoms with Crippen molar-refractivity contribution in [2.24, 2.45) is 0 Å². The fourth-order valence-electron chi connectivity index (χ4n) is 1.65. The maximum atomic E-state index is 5.68. The second-order valence-electron chi connectivity index (χ2n) is 4.53. The van der Waals surface area contributed by atoms with Crippen LogP contribution in [0.5, 0.6) is 0 Å². The van der Waals surface area contributed by atoms with Crippen LogP contribution in [0.25, 0.3) is 11.3 Å². The first-order valence-electron chi connectivity index (χ1n) is 5.78. The second-order valence-corrected chi connectivity index (χ2v) is 4.53. The van der Waals surface area contributed by atoms with Crippen molar-refractivity contribution in [1.29, 1.82) is 0 Å². The maximum absolute atomic E-state index is 5.68. The quantitative estimate of drug-likeness (QED) is 0.802. The molecule has 0 saturated heterocycles. The summed E-state index contributed by atoms with van der Waals surface area (Å²) in [6.45, 7) is 6.19. The number of benzene rings is 1. The summed E-state index contributed by atoms with van der Waals surface area (Å²) >= 11 is 0. The van der Waals surface area contributed by atoms with Gasteiger partial charge in [-0.15, -0.1) is 0 Å². The minimum Gasteiger partial charge on any atom is -0.399 e. The van der Waals surface area contributed by atoms with E-state index >= 15 is 0 Å². The third-order valence-corrected chi connectivity index (χ3v) is 2.59. The summed E-state index contributed by atoms with van der Waals surface area (Å²) in [6.07, 6.45) is 0. The largest absolute Gasteiger partial charge is 0.399 e. The van der Waals surface area contributed by atoms with E-state index in [-0.39, 0.29) is 0 Å². The Bertz CT molecular complexity index is 515. The zero-order valence-corrected chi connectivity index (χ0v) is 10.4. The molecule has 0 aliphatic rings. The van der Waals surface area contributed by atoms with Gasteiger partial charge >= 0.3 is 0 Å². The van der Waals surface area contributed by atoms with Crippen molar-refractivity contribution >= 4 is 5.69 Å². The summed E-state index contributed by atoms with van der Waals surface area (Å²) in [6, 6.07) is 9.75. The Morgan fingerprint density at radius 3 is 2.29 bits per heavy atom. The number of nitrogens with two attached hydrogens (primary N) is 1. The highest BCUT2D eigenvalue weighted by atomic mass is 14.9. The SMILES string of the molecule is Cc1cc(-c2ccc(N)cc2)nc(C(C)C)n1. The molecule has 2 rings (SSSR count). The Labute approximate surface area is 102 Å². The van der Waals surface area contributed by atoms with Gasteiger partial charge < -0.3 is 5.73 Å². The lowest BCUT2D eigenvalue weighted by molar-refractivity contribution is 0.768. The number of hydrogen-bond donors (Lipinski definition) is 1. The van der Waals surface area contributed by atoms with Crippen LogP contribution in [0, 0.1) is 6.92 Å². The number of nitrogens with zero attached hydrogens (tertiary/aromatic N) is 2. The van der Waals surface area contributed by atoms with Crippen molar-refractivity contribution in [2.75, 3.05) is 5.73 Å². The molecule has 17 heavy (non-hydrogen) atoms. The Kier molecular flexibility index (Phi) is 3.09. The Morgan fingerprint density at radius 2 is 1.71 bits per heavy atom. The van der Waals surface area contributed by atoms with Gasteiger partial charge in [-0.3, -0.25) is 0 Å². The van der Waals surface area contributed by atoms with Crippen molar-refractivity contribution < 1.29 is 0 Å². The van der Waals surface area contributed by atoms with E-state index in [1.165, 1.54) is 0 Å². The van der Waals surface area contributed by atoms with Crippen LogP contribution < -0.4 is 5.73 Å². The minimum absolute atomic E-state index is 0.336. The molecule has 0 unspecified atom stereocenters. The van der Waals surface area contributed by atoms with Gasteiger partial charge in [-0.2, -0.15) is 0 Å². The first kappa shape index (κ1) is 11.6.